The molecule has 76 valence electrons. The van der Waals surface area contributed by atoms with Crippen LogP contribution >= 0.6 is 0 Å². The van der Waals surface area contributed by atoms with Gasteiger partial charge in [0.25, 0.3) is 0 Å². The molecule has 2 nitrogen and oxygen atoms in total. The highest BCUT2D eigenvalue weighted by Gasteiger charge is 2.67. The van der Waals surface area contributed by atoms with E-state index in [1.807, 2.05) is 0 Å². The van der Waals surface area contributed by atoms with Gasteiger partial charge in [-0.05, 0) is 0 Å². The second kappa shape index (κ2) is 2.89. The normalized spacial score (nSPS) is 20.2. The minimum atomic E-state index is -4.42. The van der Waals surface area contributed by atoms with E-state index in [0.29, 0.717) is 0 Å². The molecule has 1 saturated carbocycles. The third-order valence-corrected chi connectivity index (χ3v) is 1.99. The Morgan fingerprint density at radius 2 is 1.85 bits per heavy atom. The number of hydrogen-bond acceptors (Lipinski definition) is 2. The lowest BCUT2D eigenvalue weighted by atomic mass is 10.2. The molecule has 0 heterocycles. The molecule has 1 aliphatic carbocycles. The number of carbonyl (C=O) groups excluding carboxylic acids is 1. The van der Waals surface area contributed by atoms with Gasteiger partial charge in [0.15, 0.2) is 0 Å². The van der Waals surface area contributed by atoms with Crippen LogP contribution in [0.4, 0.5) is 13.2 Å². The number of alkyl halides is 3. The van der Waals surface area contributed by atoms with Crippen molar-refractivity contribution in [2.75, 3.05) is 0 Å². The van der Waals surface area contributed by atoms with E-state index < -0.39 is 23.7 Å². The highest BCUT2D eigenvalue weighted by atomic mass is 19.4. The fraction of sp³-hybridized carbons (Fsp3) is 0.875. The minimum Gasteiger partial charge on any atom is -0.449 e. The van der Waals surface area contributed by atoms with Gasteiger partial charge in [0.05, 0.1) is 5.92 Å². The van der Waals surface area contributed by atoms with E-state index >= 15 is 0 Å². The number of carbonyl (C=O) groups is 1. The van der Waals surface area contributed by atoms with E-state index in [0.717, 1.165) is 0 Å². The predicted octanol–water partition coefficient (Wildman–Crippen LogP) is 2.28. The quantitative estimate of drug-likeness (QED) is 0.633. The molecule has 13 heavy (non-hydrogen) atoms. The van der Waals surface area contributed by atoms with Gasteiger partial charge in [-0.25, -0.2) is 0 Å². The van der Waals surface area contributed by atoms with E-state index in [1.54, 1.807) is 0 Å². The summed E-state index contributed by atoms with van der Waals surface area (Å²) in [5.41, 5.74) is -2.16. The van der Waals surface area contributed by atoms with Crippen LogP contribution in [-0.2, 0) is 9.53 Å². The molecule has 1 aliphatic rings. The zero-order chi connectivity index (χ0) is 10.3. The van der Waals surface area contributed by atoms with Crippen molar-refractivity contribution in [2.45, 2.75) is 38.5 Å². The molecule has 0 saturated heterocycles. The maximum Gasteiger partial charge on any atom is 0.428 e. The average molecular weight is 196 g/mol. The van der Waals surface area contributed by atoms with Gasteiger partial charge in [0.1, 0.15) is 0 Å². The van der Waals surface area contributed by atoms with Crippen molar-refractivity contribution in [2.24, 2.45) is 5.92 Å². The second-order valence-corrected chi connectivity index (χ2v) is 3.57. The summed E-state index contributed by atoms with van der Waals surface area (Å²) >= 11 is 0. The molecule has 0 aromatic rings. The number of halogens is 3. The fourth-order valence-electron chi connectivity index (χ4n) is 0.867. The van der Waals surface area contributed by atoms with Crippen molar-refractivity contribution >= 4 is 5.97 Å². The van der Waals surface area contributed by atoms with Gasteiger partial charge in [0, 0.05) is 12.8 Å². The lowest BCUT2D eigenvalue weighted by Gasteiger charge is -2.20. The molecule has 5 heteroatoms. The standard InChI is InChI=1S/C8H11F3O2/c1-5(2)6(12)13-7(3-4-7)8(9,10)11/h5H,3-4H2,1-2H3. The van der Waals surface area contributed by atoms with Gasteiger partial charge < -0.3 is 4.74 Å². The molecule has 0 unspecified atom stereocenters. The first kappa shape index (κ1) is 10.3. The average Bonchev–Trinajstić information content (AvgIpc) is 2.66. The van der Waals surface area contributed by atoms with Gasteiger partial charge in [-0.3, -0.25) is 4.79 Å². The molecule has 0 N–H and O–H groups in total. The maximum atomic E-state index is 12.2. The lowest BCUT2D eigenvalue weighted by Crippen LogP contribution is -2.37. The highest BCUT2D eigenvalue weighted by molar-refractivity contribution is 5.72. The van der Waals surface area contributed by atoms with Gasteiger partial charge in [0.2, 0.25) is 5.60 Å². The third kappa shape index (κ3) is 1.95. The van der Waals surface area contributed by atoms with Crippen molar-refractivity contribution < 1.29 is 22.7 Å². The van der Waals surface area contributed by atoms with Crippen LogP contribution in [-0.4, -0.2) is 17.7 Å². The number of hydrogen-bond donors (Lipinski definition) is 0. The van der Waals surface area contributed by atoms with E-state index in [2.05, 4.69) is 4.74 Å². The summed E-state index contributed by atoms with van der Waals surface area (Å²) in [6, 6.07) is 0. The third-order valence-electron chi connectivity index (χ3n) is 1.99. The van der Waals surface area contributed by atoms with Crippen LogP contribution < -0.4 is 0 Å². The maximum absolute atomic E-state index is 12.2. The Morgan fingerprint density at radius 3 is 2.08 bits per heavy atom. The van der Waals surface area contributed by atoms with Crippen molar-refractivity contribution in [1.29, 1.82) is 0 Å². The lowest BCUT2D eigenvalue weighted by molar-refractivity contribution is -0.235. The first-order valence-corrected chi connectivity index (χ1v) is 4.08. The van der Waals surface area contributed by atoms with Crippen LogP contribution in [0.2, 0.25) is 0 Å². The zero-order valence-corrected chi connectivity index (χ0v) is 7.44. The molecular weight excluding hydrogens is 185 g/mol. The van der Waals surface area contributed by atoms with Crippen LogP contribution in [0.15, 0.2) is 0 Å². The Hall–Kier alpha value is -0.740. The smallest absolute Gasteiger partial charge is 0.428 e. The second-order valence-electron chi connectivity index (χ2n) is 3.57. The van der Waals surface area contributed by atoms with Gasteiger partial charge in [-0.2, -0.15) is 13.2 Å². The van der Waals surface area contributed by atoms with E-state index in [9.17, 15) is 18.0 Å². The molecule has 0 amide bonds. The Bertz CT molecular complexity index is 216. The Balaban J connectivity index is 2.59. The monoisotopic (exact) mass is 196 g/mol. The molecule has 0 aromatic carbocycles. The van der Waals surface area contributed by atoms with Crippen molar-refractivity contribution in [1.82, 2.24) is 0 Å². The topological polar surface area (TPSA) is 26.3 Å². The van der Waals surface area contributed by atoms with Crippen LogP contribution in [0.25, 0.3) is 0 Å². The summed E-state index contributed by atoms with van der Waals surface area (Å²) in [5.74, 6) is -1.30. The first-order chi connectivity index (χ1) is 5.78. The SMILES string of the molecule is CC(C)C(=O)OC1(C(F)(F)F)CC1. The molecule has 0 bridgehead atoms. The Morgan fingerprint density at radius 1 is 1.38 bits per heavy atom. The number of esters is 1. The number of ether oxygens (including phenoxy) is 1. The largest absolute Gasteiger partial charge is 0.449 e. The zero-order valence-electron chi connectivity index (χ0n) is 7.44. The minimum absolute atomic E-state index is 0.102. The van der Waals surface area contributed by atoms with Crippen molar-refractivity contribution in [3.05, 3.63) is 0 Å². The molecular formula is C8H11F3O2. The molecule has 0 aromatic heterocycles. The van der Waals surface area contributed by atoms with Crippen molar-refractivity contribution in [3.8, 4) is 0 Å². The van der Waals surface area contributed by atoms with Crippen LogP contribution in [0.1, 0.15) is 26.7 Å². The molecule has 1 rings (SSSR count). The molecule has 0 atom stereocenters. The fourth-order valence-corrected chi connectivity index (χ4v) is 0.867. The van der Waals surface area contributed by atoms with Crippen LogP contribution in [0.3, 0.4) is 0 Å². The first-order valence-electron chi connectivity index (χ1n) is 4.08. The summed E-state index contributed by atoms with van der Waals surface area (Å²) < 4.78 is 41.1. The molecule has 1 fully saturated rings. The summed E-state index contributed by atoms with van der Waals surface area (Å²) in [4.78, 5) is 10.9. The summed E-state index contributed by atoms with van der Waals surface area (Å²) in [5, 5.41) is 0. The summed E-state index contributed by atoms with van der Waals surface area (Å²) in [6.07, 6.45) is -4.62. The van der Waals surface area contributed by atoms with Gasteiger partial charge in [-0.15, -0.1) is 0 Å². The van der Waals surface area contributed by atoms with Gasteiger partial charge >= 0.3 is 12.1 Å². The molecule has 0 aliphatic heterocycles. The van der Waals surface area contributed by atoms with Crippen LogP contribution in [0.5, 0.6) is 0 Å². The predicted molar refractivity (Wildman–Crippen MR) is 39.0 cm³/mol. The van der Waals surface area contributed by atoms with E-state index in [1.165, 1.54) is 13.8 Å². The highest BCUT2D eigenvalue weighted by Crippen LogP contribution is 2.52. The van der Waals surface area contributed by atoms with Gasteiger partial charge in [-0.1, -0.05) is 13.8 Å². The number of rotatable bonds is 2. The summed E-state index contributed by atoms with van der Waals surface area (Å²) in [7, 11) is 0. The van der Waals surface area contributed by atoms with E-state index in [4.69, 9.17) is 0 Å². The van der Waals surface area contributed by atoms with Crippen molar-refractivity contribution in [3.63, 3.8) is 0 Å². The van der Waals surface area contributed by atoms with E-state index in [-0.39, 0.29) is 12.8 Å². The Kier molecular flexibility index (Phi) is 2.30. The Labute approximate surface area is 74.1 Å². The molecule has 0 radical (unpaired) electrons. The van der Waals surface area contributed by atoms with Crippen LogP contribution in [0, 0.1) is 5.92 Å². The summed E-state index contributed by atoms with van der Waals surface area (Å²) in [6.45, 7) is 3.02. The molecule has 0 spiro atoms.